The van der Waals surface area contributed by atoms with E-state index in [-0.39, 0.29) is 16.7 Å². The molecule has 72 valence electrons. The lowest BCUT2D eigenvalue weighted by Gasteiger charge is -2.04. The number of hydrogen-bond donors (Lipinski definition) is 0. The van der Waals surface area contributed by atoms with Crippen molar-refractivity contribution in [1.82, 2.24) is 0 Å². The number of ether oxygens (including phenoxy) is 1. The van der Waals surface area contributed by atoms with Gasteiger partial charge in [0.2, 0.25) is 0 Å². The van der Waals surface area contributed by atoms with E-state index in [4.69, 9.17) is 5.26 Å². The predicted molar refractivity (Wildman–Crippen MR) is 47.2 cm³/mol. The summed E-state index contributed by atoms with van der Waals surface area (Å²) in [7, 11) is 1.21. The molecule has 0 N–H and O–H groups in total. The van der Waals surface area contributed by atoms with Crippen LogP contribution in [0.1, 0.15) is 21.5 Å². The molecule has 1 rings (SSSR count). The molecule has 3 nitrogen and oxygen atoms in total. The van der Waals surface area contributed by atoms with Gasteiger partial charge < -0.3 is 4.74 Å². The number of nitrogens with zero attached hydrogens (tertiary/aromatic N) is 1. The number of nitriles is 1. The Hall–Kier alpha value is -1.89. The fourth-order valence-electron chi connectivity index (χ4n) is 1.07. The average molecular weight is 193 g/mol. The van der Waals surface area contributed by atoms with E-state index in [0.29, 0.717) is 0 Å². The lowest BCUT2D eigenvalue weighted by molar-refractivity contribution is 0.0599. The van der Waals surface area contributed by atoms with E-state index >= 15 is 0 Å². The van der Waals surface area contributed by atoms with Gasteiger partial charge in [-0.15, -0.1) is 0 Å². The third-order valence-corrected chi connectivity index (χ3v) is 1.88. The average Bonchev–Trinajstić information content (AvgIpc) is 2.20. The van der Waals surface area contributed by atoms with Crippen LogP contribution in [0, 0.1) is 24.1 Å². The van der Waals surface area contributed by atoms with Crippen molar-refractivity contribution in [3.63, 3.8) is 0 Å². The van der Waals surface area contributed by atoms with E-state index in [1.807, 2.05) is 0 Å². The molecule has 1 aromatic carbocycles. The molecule has 4 heteroatoms. The maximum atomic E-state index is 13.2. The third kappa shape index (κ3) is 1.72. The van der Waals surface area contributed by atoms with E-state index in [2.05, 4.69) is 4.74 Å². The molecule has 0 aliphatic carbocycles. The highest BCUT2D eigenvalue weighted by Crippen LogP contribution is 2.16. The molecule has 0 aliphatic heterocycles. The smallest absolute Gasteiger partial charge is 0.338 e. The first-order chi connectivity index (χ1) is 6.60. The van der Waals surface area contributed by atoms with Crippen molar-refractivity contribution >= 4 is 5.97 Å². The summed E-state index contributed by atoms with van der Waals surface area (Å²) in [5.74, 6) is -1.22. The Morgan fingerprint density at radius 3 is 2.71 bits per heavy atom. The Labute approximate surface area is 80.7 Å². The Morgan fingerprint density at radius 1 is 1.57 bits per heavy atom. The highest BCUT2D eigenvalue weighted by Gasteiger charge is 2.13. The number of esters is 1. The van der Waals surface area contributed by atoms with Crippen molar-refractivity contribution in [2.24, 2.45) is 0 Å². The van der Waals surface area contributed by atoms with Crippen LogP contribution < -0.4 is 0 Å². The van der Waals surface area contributed by atoms with Crippen molar-refractivity contribution in [1.29, 1.82) is 5.26 Å². The molecule has 0 heterocycles. The van der Waals surface area contributed by atoms with Gasteiger partial charge in [0.1, 0.15) is 5.82 Å². The molecular formula is C10H8FNO2. The number of carbonyl (C=O) groups excluding carboxylic acids is 1. The van der Waals surface area contributed by atoms with Crippen molar-refractivity contribution in [2.45, 2.75) is 6.92 Å². The number of hydrogen-bond acceptors (Lipinski definition) is 3. The fourth-order valence-corrected chi connectivity index (χ4v) is 1.07. The molecule has 1 aromatic rings. The zero-order valence-corrected chi connectivity index (χ0v) is 7.80. The van der Waals surface area contributed by atoms with Crippen LogP contribution in [0.4, 0.5) is 4.39 Å². The molecule has 0 unspecified atom stereocenters. The molecule has 0 atom stereocenters. The topological polar surface area (TPSA) is 50.1 Å². The molecule has 14 heavy (non-hydrogen) atoms. The molecule has 0 radical (unpaired) electrons. The van der Waals surface area contributed by atoms with Gasteiger partial charge in [0.15, 0.2) is 0 Å². The van der Waals surface area contributed by atoms with Crippen LogP contribution >= 0.6 is 0 Å². The van der Waals surface area contributed by atoms with E-state index in [1.54, 1.807) is 6.07 Å². The summed E-state index contributed by atoms with van der Waals surface area (Å²) in [6.45, 7) is 1.46. The van der Waals surface area contributed by atoms with Crippen LogP contribution in [0.3, 0.4) is 0 Å². The summed E-state index contributed by atoms with van der Waals surface area (Å²) in [4.78, 5) is 11.2. The van der Waals surface area contributed by atoms with Crippen LogP contribution in [0.5, 0.6) is 0 Å². The zero-order valence-electron chi connectivity index (χ0n) is 7.80. The van der Waals surface area contributed by atoms with Crippen LogP contribution in [0.2, 0.25) is 0 Å². The summed E-state index contributed by atoms with van der Waals surface area (Å²) in [6.07, 6.45) is 0. The van der Waals surface area contributed by atoms with Crippen LogP contribution in [0.25, 0.3) is 0 Å². The van der Waals surface area contributed by atoms with Crippen molar-refractivity contribution < 1.29 is 13.9 Å². The van der Waals surface area contributed by atoms with Crippen LogP contribution in [0.15, 0.2) is 12.1 Å². The normalized spacial score (nSPS) is 9.29. The minimum absolute atomic E-state index is 0.0871. The summed E-state index contributed by atoms with van der Waals surface area (Å²) < 4.78 is 17.6. The Bertz CT molecular complexity index is 421. The largest absolute Gasteiger partial charge is 0.465 e. The summed E-state index contributed by atoms with van der Waals surface area (Å²) in [6, 6.07) is 4.16. The number of rotatable bonds is 1. The monoisotopic (exact) mass is 193 g/mol. The first-order valence-corrected chi connectivity index (χ1v) is 3.88. The fraction of sp³-hybridized carbons (Fsp3) is 0.200. The van der Waals surface area contributed by atoms with Crippen molar-refractivity contribution in [3.05, 3.63) is 34.6 Å². The molecule has 0 saturated heterocycles. The quantitative estimate of drug-likeness (QED) is 0.639. The number of benzene rings is 1. The second-order valence-electron chi connectivity index (χ2n) is 2.73. The van der Waals surface area contributed by atoms with E-state index in [0.717, 1.165) is 6.07 Å². The first kappa shape index (κ1) is 10.2. The van der Waals surface area contributed by atoms with E-state index in [9.17, 15) is 9.18 Å². The molecule has 0 aromatic heterocycles. The molecular weight excluding hydrogens is 185 g/mol. The lowest BCUT2D eigenvalue weighted by atomic mass is 10.1. The molecule has 0 fully saturated rings. The number of carbonyl (C=O) groups is 1. The predicted octanol–water partition coefficient (Wildman–Crippen LogP) is 1.79. The standard InChI is InChI=1S/C10H8FNO2/c1-6-8(10(13)14-2)3-7(5-12)4-9(6)11/h3-4H,1-2H3. The number of halogens is 1. The van der Waals surface area contributed by atoms with Crippen LogP contribution in [-0.2, 0) is 4.74 Å². The SMILES string of the molecule is COC(=O)c1cc(C#N)cc(F)c1C. The molecule has 0 saturated carbocycles. The lowest BCUT2D eigenvalue weighted by Crippen LogP contribution is -2.06. The van der Waals surface area contributed by atoms with Gasteiger partial charge in [0, 0.05) is 0 Å². The second kappa shape index (κ2) is 3.88. The molecule has 0 bridgehead atoms. The van der Waals surface area contributed by atoms with Gasteiger partial charge in [0.25, 0.3) is 0 Å². The summed E-state index contributed by atoms with van der Waals surface area (Å²) in [5.41, 5.74) is 0.383. The zero-order chi connectivity index (χ0) is 10.7. The maximum Gasteiger partial charge on any atom is 0.338 e. The highest BCUT2D eigenvalue weighted by atomic mass is 19.1. The van der Waals surface area contributed by atoms with Gasteiger partial charge >= 0.3 is 5.97 Å². The van der Waals surface area contributed by atoms with Gasteiger partial charge in [-0.2, -0.15) is 5.26 Å². The summed E-state index contributed by atoms with van der Waals surface area (Å²) >= 11 is 0. The molecule has 0 amide bonds. The van der Waals surface area contributed by atoms with Crippen LogP contribution in [-0.4, -0.2) is 13.1 Å². The van der Waals surface area contributed by atoms with Crippen molar-refractivity contribution in [3.8, 4) is 6.07 Å². The Morgan fingerprint density at radius 2 is 2.21 bits per heavy atom. The minimum Gasteiger partial charge on any atom is -0.465 e. The van der Waals surface area contributed by atoms with Crippen molar-refractivity contribution in [2.75, 3.05) is 7.11 Å². The van der Waals surface area contributed by atoms with Gasteiger partial charge in [-0.1, -0.05) is 0 Å². The van der Waals surface area contributed by atoms with E-state index < -0.39 is 11.8 Å². The maximum absolute atomic E-state index is 13.2. The Kier molecular flexibility index (Phi) is 2.82. The highest BCUT2D eigenvalue weighted by molar-refractivity contribution is 5.91. The Balaban J connectivity index is 3.36. The molecule has 0 aliphatic rings. The minimum atomic E-state index is -0.640. The number of methoxy groups -OCH3 is 1. The molecule has 0 spiro atoms. The third-order valence-electron chi connectivity index (χ3n) is 1.88. The van der Waals surface area contributed by atoms with Gasteiger partial charge in [-0.25, -0.2) is 9.18 Å². The van der Waals surface area contributed by atoms with E-state index in [1.165, 1.54) is 20.1 Å². The second-order valence-corrected chi connectivity index (χ2v) is 2.73. The summed E-state index contributed by atoms with van der Waals surface area (Å²) in [5, 5.41) is 8.56. The van der Waals surface area contributed by atoms with Gasteiger partial charge in [0.05, 0.1) is 24.3 Å². The van der Waals surface area contributed by atoms with Gasteiger partial charge in [-0.05, 0) is 24.6 Å². The first-order valence-electron chi connectivity index (χ1n) is 3.88. The van der Waals surface area contributed by atoms with Gasteiger partial charge in [-0.3, -0.25) is 0 Å².